The van der Waals surface area contributed by atoms with Gasteiger partial charge in [0.25, 0.3) is 0 Å². The number of benzene rings is 1. The van der Waals surface area contributed by atoms with Gasteiger partial charge in [-0.3, -0.25) is 9.69 Å². The summed E-state index contributed by atoms with van der Waals surface area (Å²) in [5.41, 5.74) is 2.97. The van der Waals surface area contributed by atoms with Crippen LogP contribution in [0, 0.1) is 11.3 Å². The minimum absolute atomic E-state index is 0.0501. The van der Waals surface area contributed by atoms with Crippen molar-refractivity contribution in [1.29, 1.82) is 5.26 Å². The fourth-order valence-electron chi connectivity index (χ4n) is 4.62. The summed E-state index contributed by atoms with van der Waals surface area (Å²) < 4.78 is 11.3. The first-order chi connectivity index (χ1) is 14.2. The number of hydrogen-bond acceptors (Lipinski definition) is 6. The highest BCUT2D eigenvalue weighted by atomic mass is 32.1. The zero-order valence-corrected chi connectivity index (χ0v) is 17.0. The fraction of sp³-hybridized carbons (Fsp3) is 0.455. The molecule has 7 heteroatoms. The molecule has 1 amide bonds. The lowest BCUT2D eigenvalue weighted by Gasteiger charge is -2.26. The van der Waals surface area contributed by atoms with Gasteiger partial charge in [-0.2, -0.15) is 5.26 Å². The first-order valence-corrected chi connectivity index (χ1v) is 11.0. The summed E-state index contributed by atoms with van der Waals surface area (Å²) in [6.07, 6.45) is 5.15. The molecule has 3 aliphatic rings. The summed E-state index contributed by atoms with van der Waals surface area (Å²) >= 11 is 1.57. The van der Waals surface area contributed by atoms with Gasteiger partial charge >= 0.3 is 0 Å². The van der Waals surface area contributed by atoms with Crippen molar-refractivity contribution in [3.63, 3.8) is 0 Å². The van der Waals surface area contributed by atoms with Gasteiger partial charge in [-0.15, -0.1) is 11.3 Å². The SMILES string of the molecule is N#Cc1c(NC(=O)CN2CCC[C@H]2c2ccc3c(c2)OCCO3)sc2c1CCC2. The van der Waals surface area contributed by atoms with Gasteiger partial charge in [0.1, 0.15) is 24.3 Å². The van der Waals surface area contributed by atoms with E-state index in [1.165, 1.54) is 4.88 Å². The van der Waals surface area contributed by atoms with Crippen LogP contribution in [0.4, 0.5) is 5.00 Å². The highest BCUT2D eigenvalue weighted by Crippen LogP contribution is 2.40. The van der Waals surface area contributed by atoms with Crippen molar-refractivity contribution in [1.82, 2.24) is 4.90 Å². The van der Waals surface area contributed by atoms with Gasteiger partial charge in [0.05, 0.1) is 12.1 Å². The predicted octanol–water partition coefficient (Wildman–Crippen LogP) is 3.66. The number of hydrogen-bond donors (Lipinski definition) is 1. The Kier molecular flexibility index (Phi) is 4.90. The van der Waals surface area contributed by atoms with Crippen molar-refractivity contribution in [3.8, 4) is 17.6 Å². The van der Waals surface area contributed by atoms with Crippen LogP contribution in [-0.4, -0.2) is 37.1 Å². The Morgan fingerprint density at radius 2 is 2.10 bits per heavy atom. The summed E-state index contributed by atoms with van der Waals surface area (Å²) in [5, 5.41) is 13.3. The largest absolute Gasteiger partial charge is 0.486 e. The highest BCUT2D eigenvalue weighted by Gasteiger charge is 2.30. The second-order valence-corrected chi connectivity index (χ2v) is 8.86. The topological polar surface area (TPSA) is 74.6 Å². The van der Waals surface area contributed by atoms with Gasteiger partial charge < -0.3 is 14.8 Å². The lowest BCUT2D eigenvalue weighted by molar-refractivity contribution is -0.117. The molecule has 0 unspecified atom stereocenters. The summed E-state index contributed by atoms with van der Waals surface area (Å²) in [7, 11) is 0. The molecule has 0 saturated carbocycles. The fourth-order valence-corrected chi connectivity index (χ4v) is 5.88. The molecule has 3 heterocycles. The standard InChI is InChI=1S/C22H23N3O3S/c23-12-16-15-3-1-5-20(15)29-22(16)24-21(26)13-25-8-2-4-17(25)14-6-7-18-19(11-14)28-10-9-27-18/h6-7,11,17H,1-5,8-10,13H2,(H,24,26)/t17-/m0/s1. The van der Waals surface area contributed by atoms with Crippen LogP contribution in [0.25, 0.3) is 0 Å². The molecular weight excluding hydrogens is 386 g/mol. The van der Waals surface area contributed by atoms with Crippen LogP contribution < -0.4 is 14.8 Å². The van der Waals surface area contributed by atoms with Gasteiger partial charge in [0.15, 0.2) is 11.5 Å². The maximum absolute atomic E-state index is 12.8. The van der Waals surface area contributed by atoms with Crippen LogP contribution >= 0.6 is 11.3 Å². The van der Waals surface area contributed by atoms with Crippen molar-refractivity contribution in [2.24, 2.45) is 0 Å². The maximum atomic E-state index is 12.8. The number of carbonyl (C=O) groups is 1. The van der Waals surface area contributed by atoms with Crippen LogP contribution in [0.3, 0.4) is 0 Å². The first-order valence-electron chi connectivity index (χ1n) is 10.2. The van der Waals surface area contributed by atoms with Gasteiger partial charge in [-0.1, -0.05) is 6.07 Å². The monoisotopic (exact) mass is 409 g/mol. The summed E-state index contributed by atoms with van der Waals surface area (Å²) in [4.78, 5) is 16.2. The molecule has 6 nitrogen and oxygen atoms in total. The minimum Gasteiger partial charge on any atom is -0.486 e. The molecule has 2 aliphatic heterocycles. The number of thiophene rings is 1. The molecule has 1 fully saturated rings. The van der Waals surface area contributed by atoms with Crippen molar-refractivity contribution in [2.75, 3.05) is 31.6 Å². The van der Waals surface area contributed by atoms with E-state index in [0.717, 1.165) is 66.3 Å². The third kappa shape index (κ3) is 3.47. The number of carbonyl (C=O) groups excluding carboxylic acids is 1. The molecule has 0 radical (unpaired) electrons. The van der Waals surface area contributed by atoms with E-state index in [2.05, 4.69) is 22.4 Å². The molecule has 1 atom stereocenters. The number of nitriles is 1. The predicted molar refractivity (Wildman–Crippen MR) is 111 cm³/mol. The Bertz CT molecular complexity index is 994. The van der Waals surface area contributed by atoms with Gasteiger partial charge in [-0.25, -0.2) is 0 Å². The summed E-state index contributed by atoms with van der Waals surface area (Å²) in [6, 6.07) is 8.58. The number of nitrogens with zero attached hydrogens (tertiary/aromatic N) is 2. The van der Waals surface area contributed by atoms with Crippen LogP contribution in [0.2, 0.25) is 0 Å². The molecule has 1 aromatic heterocycles. The third-order valence-corrected chi connectivity index (χ3v) is 7.15. The minimum atomic E-state index is -0.0501. The number of aryl methyl sites for hydroxylation is 1. The van der Waals surface area contributed by atoms with E-state index in [1.807, 2.05) is 12.1 Å². The van der Waals surface area contributed by atoms with Gasteiger partial charge in [0.2, 0.25) is 5.91 Å². The second-order valence-electron chi connectivity index (χ2n) is 7.75. The van der Waals surface area contributed by atoms with E-state index < -0.39 is 0 Å². The number of rotatable bonds is 4. The van der Waals surface area contributed by atoms with E-state index in [0.29, 0.717) is 25.3 Å². The Balaban J connectivity index is 1.29. The third-order valence-electron chi connectivity index (χ3n) is 5.95. The highest BCUT2D eigenvalue weighted by molar-refractivity contribution is 7.16. The first kappa shape index (κ1) is 18.5. The van der Waals surface area contributed by atoms with E-state index in [-0.39, 0.29) is 11.9 Å². The summed E-state index contributed by atoms with van der Waals surface area (Å²) in [5.74, 6) is 1.53. The Labute approximate surface area is 174 Å². The zero-order valence-electron chi connectivity index (χ0n) is 16.2. The summed E-state index contributed by atoms with van der Waals surface area (Å²) in [6.45, 7) is 2.36. The lowest BCUT2D eigenvalue weighted by atomic mass is 10.0. The van der Waals surface area contributed by atoms with Gasteiger partial charge in [-0.05, 0) is 61.9 Å². The average molecular weight is 410 g/mol. The number of nitrogens with one attached hydrogen (secondary N) is 1. The Morgan fingerprint density at radius 1 is 1.24 bits per heavy atom. The Morgan fingerprint density at radius 3 is 2.97 bits per heavy atom. The number of ether oxygens (including phenoxy) is 2. The molecule has 150 valence electrons. The Hall–Kier alpha value is -2.56. The molecule has 0 bridgehead atoms. The van der Waals surface area contributed by atoms with Crippen LogP contribution in [-0.2, 0) is 17.6 Å². The number of fused-ring (bicyclic) bond motifs is 2. The molecule has 1 N–H and O–H groups in total. The molecule has 0 spiro atoms. The van der Waals surface area contributed by atoms with Gasteiger partial charge in [0, 0.05) is 10.9 Å². The number of anilines is 1. The van der Waals surface area contributed by atoms with Crippen molar-refractivity contribution in [2.45, 2.75) is 38.1 Å². The second kappa shape index (κ2) is 7.69. The van der Waals surface area contributed by atoms with Crippen molar-refractivity contribution >= 4 is 22.2 Å². The molecule has 1 saturated heterocycles. The van der Waals surface area contributed by atoms with Crippen LogP contribution in [0.15, 0.2) is 18.2 Å². The van der Waals surface area contributed by atoms with E-state index in [9.17, 15) is 10.1 Å². The number of amides is 1. The van der Waals surface area contributed by atoms with Crippen LogP contribution in [0.5, 0.6) is 11.5 Å². The molecule has 29 heavy (non-hydrogen) atoms. The maximum Gasteiger partial charge on any atom is 0.239 e. The van der Waals surface area contributed by atoms with Crippen molar-refractivity contribution < 1.29 is 14.3 Å². The van der Waals surface area contributed by atoms with E-state index >= 15 is 0 Å². The molecule has 1 aliphatic carbocycles. The average Bonchev–Trinajstić information content (AvgIpc) is 3.44. The molecule has 1 aromatic carbocycles. The zero-order chi connectivity index (χ0) is 19.8. The normalized spacial score (nSPS) is 20.3. The molecule has 5 rings (SSSR count). The lowest BCUT2D eigenvalue weighted by Crippen LogP contribution is -2.33. The molecular formula is C22H23N3O3S. The smallest absolute Gasteiger partial charge is 0.239 e. The van der Waals surface area contributed by atoms with E-state index in [1.54, 1.807) is 11.3 Å². The van der Waals surface area contributed by atoms with E-state index in [4.69, 9.17) is 9.47 Å². The molecule has 2 aromatic rings. The van der Waals surface area contributed by atoms with Crippen LogP contribution in [0.1, 0.15) is 46.9 Å². The number of likely N-dealkylation sites (tertiary alicyclic amines) is 1. The van der Waals surface area contributed by atoms with Crippen molar-refractivity contribution in [3.05, 3.63) is 39.8 Å². The quantitative estimate of drug-likeness (QED) is 0.834.